The topological polar surface area (TPSA) is 118 Å². The van der Waals surface area contributed by atoms with Crippen LogP contribution in [0.4, 0.5) is 22.1 Å². The van der Waals surface area contributed by atoms with Gasteiger partial charge in [0.15, 0.2) is 0 Å². The zero-order chi connectivity index (χ0) is 26.4. The monoisotopic (exact) mass is 512 g/mol. The maximum Gasteiger partial charge on any atom is 0.414 e. The molecule has 1 unspecified atom stereocenters. The number of piperidine rings is 1. The molecule has 4 rings (SSSR count). The summed E-state index contributed by atoms with van der Waals surface area (Å²) in [6.45, 7) is 5.49. The number of benzene rings is 1. The summed E-state index contributed by atoms with van der Waals surface area (Å²) in [5.74, 6) is 2.39. The fourth-order valence-electron chi connectivity index (χ4n) is 4.67. The molecule has 0 bridgehead atoms. The van der Waals surface area contributed by atoms with Crippen molar-refractivity contribution in [2.45, 2.75) is 25.7 Å². The van der Waals surface area contributed by atoms with Crippen molar-refractivity contribution in [3.05, 3.63) is 36.2 Å². The summed E-state index contributed by atoms with van der Waals surface area (Å²) in [5.41, 5.74) is 0.974. The van der Waals surface area contributed by atoms with Crippen LogP contribution >= 0.6 is 0 Å². The predicted molar refractivity (Wildman–Crippen MR) is 140 cm³/mol. The van der Waals surface area contributed by atoms with E-state index in [1.54, 1.807) is 51.8 Å². The molecule has 2 aliphatic rings. The Hall–Kier alpha value is -3.44. The highest BCUT2D eigenvalue weighted by atomic mass is 16.6. The molecule has 0 radical (unpaired) electrons. The van der Waals surface area contributed by atoms with Gasteiger partial charge in [-0.2, -0.15) is 0 Å². The SMILES string of the molecule is COCCOCC1(C(=O)Nc2cccc(OC(=O)N(C)C)c2)CCN(c2ncnc3c2C(C)CN3)CC1. The second kappa shape index (κ2) is 11.7. The molecule has 1 aromatic carbocycles. The fourth-order valence-corrected chi connectivity index (χ4v) is 4.67. The molecular weight excluding hydrogens is 476 g/mol. The summed E-state index contributed by atoms with van der Waals surface area (Å²) in [7, 11) is 4.84. The summed E-state index contributed by atoms with van der Waals surface area (Å²) >= 11 is 0. The minimum absolute atomic E-state index is 0.122. The molecule has 0 saturated carbocycles. The predicted octanol–water partition coefficient (Wildman–Crippen LogP) is 2.95. The van der Waals surface area contributed by atoms with Crippen LogP contribution in [0.2, 0.25) is 0 Å². The van der Waals surface area contributed by atoms with E-state index in [1.807, 2.05) is 0 Å². The van der Waals surface area contributed by atoms with Crippen LogP contribution in [0.5, 0.6) is 5.75 Å². The molecule has 0 spiro atoms. The molecular formula is C26H36N6O5. The van der Waals surface area contributed by atoms with E-state index in [9.17, 15) is 9.59 Å². The molecule has 2 amide bonds. The minimum Gasteiger partial charge on any atom is -0.410 e. The van der Waals surface area contributed by atoms with Crippen LogP contribution in [0.3, 0.4) is 0 Å². The average Bonchev–Trinajstić information content (AvgIpc) is 3.28. The first-order valence-corrected chi connectivity index (χ1v) is 12.5. The van der Waals surface area contributed by atoms with Gasteiger partial charge in [0.2, 0.25) is 5.91 Å². The average molecular weight is 513 g/mol. The van der Waals surface area contributed by atoms with Crippen molar-refractivity contribution >= 4 is 29.3 Å². The molecule has 37 heavy (non-hydrogen) atoms. The van der Waals surface area contributed by atoms with Crippen molar-refractivity contribution in [1.82, 2.24) is 14.9 Å². The van der Waals surface area contributed by atoms with Crippen molar-refractivity contribution in [2.24, 2.45) is 5.41 Å². The molecule has 200 valence electrons. The number of carbonyl (C=O) groups excluding carboxylic acids is 2. The smallest absolute Gasteiger partial charge is 0.410 e. The van der Waals surface area contributed by atoms with E-state index in [2.05, 4.69) is 32.4 Å². The zero-order valence-corrected chi connectivity index (χ0v) is 22.0. The van der Waals surface area contributed by atoms with Crippen molar-refractivity contribution in [3.63, 3.8) is 0 Å². The van der Waals surface area contributed by atoms with Crippen molar-refractivity contribution < 1.29 is 23.8 Å². The number of ether oxygens (including phenoxy) is 3. The number of methoxy groups -OCH3 is 1. The molecule has 0 aliphatic carbocycles. The van der Waals surface area contributed by atoms with Crippen molar-refractivity contribution in [2.75, 3.05) is 76.2 Å². The van der Waals surface area contributed by atoms with Gasteiger partial charge < -0.3 is 34.6 Å². The maximum absolute atomic E-state index is 13.7. The second-order valence-electron chi connectivity index (χ2n) is 9.80. The van der Waals surface area contributed by atoms with Crippen LogP contribution in [0.15, 0.2) is 30.6 Å². The van der Waals surface area contributed by atoms with Crippen LogP contribution < -0.4 is 20.3 Å². The Morgan fingerprint density at radius 2 is 2.00 bits per heavy atom. The van der Waals surface area contributed by atoms with Gasteiger partial charge in [-0.25, -0.2) is 14.8 Å². The van der Waals surface area contributed by atoms with Gasteiger partial charge in [0, 0.05) is 64.1 Å². The number of carbonyl (C=O) groups is 2. The van der Waals surface area contributed by atoms with Crippen LogP contribution in [0.1, 0.15) is 31.2 Å². The first-order valence-electron chi connectivity index (χ1n) is 12.5. The number of hydrogen-bond acceptors (Lipinski definition) is 9. The number of nitrogens with one attached hydrogen (secondary N) is 2. The molecule has 11 heteroatoms. The number of anilines is 3. The quantitative estimate of drug-likeness (QED) is 0.489. The van der Waals surface area contributed by atoms with E-state index >= 15 is 0 Å². The summed E-state index contributed by atoms with van der Waals surface area (Å²) in [6.07, 6.45) is 2.31. The molecule has 1 atom stereocenters. The number of rotatable bonds is 9. The third-order valence-corrected chi connectivity index (χ3v) is 6.91. The van der Waals surface area contributed by atoms with Crippen LogP contribution in [-0.4, -0.2) is 87.5 Å². The Labute approximate surface area is 217 Å². The van der Waals surface area contributed by atoms with Gasteiger partial charge in [-0.3, -0.25) is 4.79 Å². The standard InChI is InChI=1S/C26H36N6O5/c1-18-15-27-22-21(18)23(29-17-28-22)32-10-8-26(9-11-32,16-36-13-12-35-4)24(33)30-19-6-5-7-20(14-19)37-25(34)31(2)3/h5-7,14,17-18H,8-13,15-16H2,1-4H3,(H,30,33)(H,27,28,29). The molecule has 1 fully saturated rings. The van der Waals surface area contributed by atoms with Crippen LogP contribution in [0.25, 0.3) is 0 Å². The van der Waals surface area contributed by atoms with Gasteiger partial charge in [-0.1, -0.05) is 13.0 Å². The van der Waals surface area contributed by atoms with E-state index in [-0.39, 0.29) is 12.5 Å². The Kier molecular flexibility index (Phi) is 8.45. The second-order valence-corrected chi connectivity index (χ2v) is 9.80. The number of nitrogens with zero attached hydrogens (tertiary/aromatic N) is 4. The molecule has 11 nitrogen and oxygen atoms in total. The van der Waals surface area contributed by atoms with Crippen LogP contribution in [0, 0.1) is 5.41 Å². The number of aromatic nitrogens is 2. The third kappa shape index (κ3) is 6.11. The molecule has 2 N–H and O–H groups in total. The first-order chi connectivity index (χ1) is 17.8. The van der Waals surface area contributed by atoms with Gasteiger partial charge in [0.05, 0.1) is 25.2 Å². The van der Waals surface area contributed by atoms with E-state index < -0.39 is 11.5 Å². The molecule has 1 saturated heterocycles. The van der Waals surface area contributed by atoms with Crippen molar-refractivity contribution in [3.8, 4) is 5.75 Å². The van der Waals surface area contributed by atoms with E-state index in [1.165, 1.54) is 4.90 Å². The Bertz CT molecular complexity index is 1100. The number of amides is 2. The molecule has 2 aliphatic heterocycles. The highest BCUT2D eigenvalue weighted by Gasteiger charge is 2.43. The highest BCUT2D eigenvalue weighted by molar-refractivity contribution is 5.96. The zero-order valence-electron chi connectivity index (χ0n) is 22.0. The van der Waals surface area contributed by atoms with E-state index in [4.69, 9.17) is 14.2 Å². The normalized spacial score (nSPS) is 18.1. The number of hydrogen-bond donors (Lipinski definition) is 2. The third-order valence-electron chi connectivity index (χ3n) is 6.91. The molecule has 3 heterocycles. The van der Waals surface area contributed by atoms with Gasteiger partial charge in [0.1, 0.15) is 23.7 Å². The lowest BCUT2D eigenvalue weighted by molar-refractivity contribution is -0.131. The molecule has 2 aromatic rings. The van der Waals surface area contributed by atoms with E-state index in [0.29, 0.717) is 56.5 Å². The lowest BCUT2D eigenvalue weighted by Crippen LogP contribution is -2.49. The highest BCUT2D eigenvalue weighted by Crippen LogP contribution is 2.40. The van der Waals surface area contributed by atoms with Gasteiger partial charge in [-0.05, 0) is 25.0 Å². The van der Waals surface area contributed by atoms with Gasteiger partial charge in [-0.15, -0.1) is 0 Å². The van der Waals surface area contributed by atoms with Gasteiger partial charge in [0.25, 0.3) is 0 Å². The lowest BCUT2D eigenvalue weighted by atomic mass is 9.78. The largest absolute Gasteiger partial charge is 0.414 e. The number of fused-ring (bicyclic) bond motifs is 1. The molecule has 1 aromatic heterocycles. The first kappa shape index (κ1) is 26.6. The summed E-state index contributed by atoms with van der Waals surface area (Å²) in [4.78, 5) is 38.2. The Balaban J connectivity index is 1.48. The Morgan fingerprint density at radius 1 is 1.22 bits per heavy atom. The summed E-state index contributed by atoms with van der Waals surface area (Å²) in [5, 5.41) is 6.38. The lowest BCUT2D eigenvalue weighted by Gasteiger charge is -2.41. The minimum atomic E-state index is -0.722. The summed E-state index contributed by atoms with van der Waals surface area (Å²) < 4.78 is 16.3. The maximum atomic E-state index is 13.7. The Morgan fingerprint density at radius 3 is 2.73 bits per heavy atom. The van der Waals surface area contributed by atoms with Gasteiger partial charge >= 0.3 is 6.09 Å². The fraction of sp³-hybridized carbons (Fsp3) is 0.538. The van der Waals surface area contributed by atoms with Crippen molar-refractivity contribution in [1.29, 1.82) is 0 Å². The summed E-state index contributed by atoms with van der Waals surface area (Å²) in [6, 6.07) is 6.84. The van der Waals surface area contributed by atoms with Crippen LogP contribution in [-0.2, 0) is 14.3 Å². The van der Waals surface area contributed by atoms with E-state index in [0.717, 1.165) is 23.7 Å².